The van der Waals surface area contributed by atoms with Crippen molar-refractivity contribution in [3.8, 4) is 0 Å². The first kappa shape index (κ1) is 14.4. The van der Waals surface area contributed by atoms with Crippen LogP contribution in [0.5, 0.6) is 0 Å². The predicted molar refractivity (Wildman–Crippen MR) is 62.9 cm³/mol. The first-order chi connectivity index (χ1) is 8.90. The van der Waals surface area contributed by atoms with E-state index in [-0.39, 0.29) is 24.2 Å². The predicted octanol–water partition coefficient (Wildman–Crippen LogP) is 0.394. The molecule has 0 aromatic heterocycles. The number of rotatable bonds is 3. The van der Waals surface area contributed by atoms with E-state index in [1.54, 1.807) is 0 Å². The van der Waals surface area contributed by atoms with Crippen molar-refractivity contribution in [2.24, 2.45) is 4.99 Å². The van der Waals surface area contributed by atoms with Crippen molar-refractivity contribution in [2.75, 3.05) is 13.6 Å². The molecule has 2 bridgehead atoms. The number of aliphatic hydroxyl groups is 1. The molecule has 3 N–H and O–H groups in total. The van der Waals surface area contributed by atoms with Crippen molar-refractivity contribution in [3.05, 3.63) is 0 Å². The quantitative estimate of drug-likeness (QED) is 0.517. The van der Waals surface area contributed by atoms with E-state index < -0.39 is 18.8 Å². The van der Waals surface area contributed by atoms with Gasteiger partial charge in [-0.05, 0) is 19.3 Å². The minimum Gasteiger partial charge on any atom is -0.382 e. The van der Waals surface area contributed by atoms with Crippen LogP contribution < -0.4 is 10.6 Å². The summed E-state index contributed by atoms with van der Waals surface area (Å²) in [6.45, 7) is -0.620. The number of hydrogen-bond acceptors (Lipinski definition) is 3. The minimum absolute atomic E-state index is 0.0768. The molecule has 110 valence electrons. The Morgan fingerprint density at radius 2 is 2.21 bits per heavy atom. The Bertz CT molecular complexity index is 349. The number of aliphatic imine (C=N–C) groups is 1. The number of ether oxygens (including phenoxy) is 1. The van der Waals surface area contributed by atoms with Gasteiger partial charge in [-0.2, -0.15) is 13.2 Å². The molecule has 0 spiro atoms. The summed E-state index contributed by atoms with van der Waals surface area (Å²) in [7, 11) is 1.48. The van der Waals surface area contributed by atoms with Gasteiger partial charge in [0.15, 0.2) is 12.1 Å². The molecule has 2 aliphatic rings. The SMILES string of the molecule is CN=C(NCC(O)C(F)(F)F)NC1CC2CCC1O2. The minimum atomic E-state index is -4.62. The number of nitrogens with zero attached hydrogens (tertiary/aromatic N) is 1. The van der Waals surface area contributed by atoms with Crippen LogP contribution in [0, 0.1) is 0 Å². The van der Waals surface area contributed by atoms with E-state index in [0.29, 0.717) is 0 Å². The molecule has 0 aromatic rings. The zero-order chi connectivity index (χ0) is 14.0. The van der Waals surface area contributed by atoms with Crippen LogP contribution in [0.4, 0.5) is 13.2 Å². The molecule has 5 nitrogen and oxygen atoms in total. The molecule has 0 amide bonds. The number of fused-ring (bicyclic) bond motifs is 2. The Hall–Kier alpha value is -1.02. The second-order valence-electron chi connectivity index (χ2n) is 4.87. The summed E-state index contributed by atoms with van der Waals surface area (Å²) in [5.41, 5.74) is 0. The van der Waals surface area contributed by atoms with Gasteiger partial charge in [-0.15, -0.1) is 0 Å². The average Bonchev–Trinajstić information content (AvgIpc) is 2.94. The summed E-state index contributed by atoms with van der Waals surface area (Å²) in [6, 6.07) is 0.0768. The van der Waals surface area contributed by atoms with Crippen molar-refractivity contribution in [3.63, 3.8) is 0 Å². The van der Waals surface area contributed by atoms with Crippen LogP contribution in [0.1, 0.15) is 19.3 Å². The highest BCUT2D eigenvalue weighted by molar-refractivity contribution is 5.80. The fraction of sp³-hybridized carbons (Fsp3) is 0.909. The van der Waals surface area contributed by atoms with E-state index in [9.17, 15) is 13.2 Å². The van der Waals surface area contributed by atoms with Gasteiger partial charge in [0.25, 0.3) is 0 Å². The number of aliphatic hydroxyl groups excluding tert-OH is 1. The van der Waals surface area contributed by atoms with Gasteiger partial charge in [0, 0.05) is 7.05 Å². The maximum absolute atomic E-state index is 12.2. The van der Waals surface area contributed by atoms with E-state index in [4.69, 9.17) is 9.84 Å². The molecule has 4 atom stereocenters. The van der Waals surface area contributed by atoms with Gasteiger partial charge in [-0.3, -0.25) is 4.99 Å². The highest BCUT2D eigenvalue weighted by Gasteiger charge is 2.41. The number of hydrogen-bond donors (Lipinski definition) is 3. The normalized spacial score (nSPS) is 32.5. The molecular formula is C11H18F3N3O2. The maximum Gasteiger partial charge on any atom is 0.416 e. The smallest absolute Gasteiger partial charge is 0.382 e. The fourth-order valence-corrected chi connectivity index (χ4v) is 2.47. The van der Waals surface area contributed by atoms with Crippen molar-refractivity contribution < 1.29 is 23.0 Å². The maximum atomic E-state index is 12.2. The van der Waals surface area contributed by atoms with Gasteiger partial charge in [-0.25, -0.2) is 0 Å². The van der Waals surface area contributed by atoms with E-state index >= 15 is 0 Å². The lowest BCUT2D eigenvalue weighted by molar-refractivity contribution is -0.201. The first-order valence-corrected chi connectivity index (χ1v) is 6.27. The highest BCUT2D eigenvalue weighted by Crippen LogP contribution is 2.34. The summed E-state index contributed by atoms with van der Waals surface area (Å²) in [6.07, 6.45) is -3.82. The van der Waals surface area contributed by atoms with Crippen molar-refractivity contribution in [1.82, 2.24) is 10.6 Å². The third kappa shape index (κ3) is 3.50. The molecule has 0 radical (unpaired) electrons. The van der Waals surface area contributed by atoms with E-state index in [1.807, 2.05) is 0 Å². The Labute approximate surface area is 109 Å². The number of halogens is 3. The summed E-state index contributed by atoms with van der Waals surface area (Å²) in [5, 5.41) is 14.4. The topological polar surface area (TPSA) is 65.9 Å². The Kier molecular flexibility index (Phi) is 4.19. The van der Waals surface area contributed by atoms with Gasteiger partial charge >= 0.3 is 6.18 Å². The molecule has 2 saturated heterocycles. The zero-order valence-electron chi connectivity index (χ0n) is 10.6. The molecular weight excluding hydrogens is 263 g/mol. The fourth-order valence-electron chi connectivity index (χ4n) is 2.47. The average molecular weight is 281 g/mol. The number of guanidine groups is 1. The van der Waals surface area contributed by atoms with Crippen molar-refractivity contribution in [1.29, 1.82) is 0 Å². The molecule has 19 heavy (non-hydrogen) atoms. The summed E-state index contributed by atoms with van der Waals surface area (Å²) >= 11 is 0. The monoisotopic (exact) mass is 281 g/mol. The van der Waals surface area contributed by atoms with Gasteiger partial charge in [-0.1, -0.05) is 0 Å². The molecule has 2 fully saturated rings. The van der Waals surface area contributed by atoms with Gasteiger partial charge < -0.3 is 20.5 Å². The lowest BCUT2D eigenvalue weighted by Crippen LogP contribution is -2.50. The molecule has 2 heterocycles. The first-order valence-electron chi connectivity index (χ1n) is 6.27. The molecule has 0 aromatic carbocycles. The largest absolute Gasteiger partial charge is 0.416 e. The Balaban J connectivity index is 1.78. The molecule has 8 heteroatoms. The van der Waals surface area contributed by atoms with Crippen molar-refractivity contribution >= 4 is 5.96 Å². The lowest BCUT2D eigenvalue weighted by Gasteiger charge is -2.23. The van der Waals surface area contributed by atoms with Gasteiger partial charge in [0.05, 0.1) is 24.8 Å². The number of alkyl halides is 3. The van der Waals surface area contributed by atoms with Gasteiger partial charge in [0.2, 0.25) is 0 Å². The van der Waals surface area contributed by atoms with E-state index in [2.05, 4.69) is 15.6 Å². The molecule has 0 saturated carbocycles. The standard InChI is InChI=1S/C11H18F3N3O2/c1-15-10(16-5-9(18)11(12,13)14)17-7-4-6-2-3-8(7)19-6/h6-9,18H,2-5H2,1H3,(H2,15,16,17). The van der Waals surface area contributed by atoms with Gasteiger partial charge in [0.1, 0.15) is 0 Å². The second kappa shape index (κ2) is 5.54. The van der Waals surface area contributed by atoms with Crippen LogP contribution >= 0.6 is 0 Å². The van der Waals surface area contributed by atoms with Crippen LogP contribution in [0.25, 0.3) is 0 Å². The van der Waals surface area contributed by atoms with Crippen LogP contribution in [0.2, 0.25) is 0 Å². The molecule has 0 aliphatic carbocycles. The second-order valence-corrected chi connectivity index (χ2v) is 4.87. The third-order valence-corrected chi connectivity index (χ3v) is 3.49. The van der Waals surface area contributed by atoms with Crippen LogP contribution in [0.3, 0.4) is 0 Å². The van der Waals surface area contributed by atoms with Crippen LogP contribution in [-0.4, -0.2) is 55.2 Å². The summed E-state index contributed by atoms with van der Waals surface area (Å²) < 4.78 is 42.1. The van der Waals surface area contributed by atoms with Crippen LogP contribution in [-0.2, 0) is 4.74 Å². The van der Waals surface area contributed by atoms with E-state index in [1.165, 1.54) is 7.05 Å². The molecule has 2 aliphatic heterocycles. The lowest BCUT2D eigenvalue weighted by atomic mass is 9.96. The van der Waals surface area contributed by atoms with E-state index in [0.717, 1.165) is 19.3 Å². The summed E-state index contributed by atoms with van der Waals surface area (Å²) in [4.78, 5) is 3.85. The molecule has 2 rings (SSSR count). The zero-order valence-corrected chi connectivity index (χ0v) is 10.6. The Morgan fingerprint density at radius 3 is 2.68 bits per heavy atom. The summed E-state index contributed by atoms with van der Waals surface area (Å²) in [5.74, 6) is 0.254. The third-order valence-electron chi connectivity index (χ3n) is 3.49. The van der Waals surface area contributed by atoms with Crippen molar-refractivity contribution in [2.45, 2.75) is 49.8 Å². The highest BCUT2D eigenvalue weighted by atomic mass is 19.4. The van der Waals surface area contributed by atoms with Crippen LogP contribution in [0.15, 0.2) is 4.99 Å². The molecule has 4 unspecified atom stereocenters. The number of nitrogens with one attached hydrogen (secondary N) is 2. The Morgan fingerprint density at radius 1 is 1.47 bits per heavy atom.